The van der Waals surface area contributed by atoms with E-state index in [0.717, 1.165) is 17.6 Å². The first kappa shape index (κ1) is 13.2. The highest BCUT2D eigenvalue weighted by Crippen LogP contribution is 2.57. The van der Waals surface area contributed by atoms with Crippen molar-refractivity contribution >= 4 is 5.97 Å². The van der Waals surface area contributed by atoms with E-state index < -0.39 is 0 Å². The lowest BCUT2D eigenvalue weighted by molar-refractivity contribution is -0.147. The van der Waals surface area contributed by atoms with Crippen LogP contribution in [0.15, 0.2) is 11.1 Å². The molecule has 3 aliphatic rings. The summed E-state index contributed by atoms with van der Waals surface area (Å²) in [5, 5.41) is 0. The second-order valence-electron chi connectivity index (χ2n) is 6.72. The van der Waals surface area contributed by atoms with Gasteiger partial charge in [-0.15, -0.1) is 0 Å². The standard InChI is InChI=1S/C16H24O3/c1-9-6-5-7-11-8-12-13(10(2)15(17)19-12)14(18-4)16(9,11)3/h9,11-12,14H,5-8H2,1-4H3. The summed E-state index contributed by atoms with van der Waals surface area (Å²) in [5.41, 5.74) is 2.06. The van der Waals surface area contributed by atoms with Gasteiger partial charge in [0.15, 0.2) is 0 Å². The minimum absolute atomic E-state index is 0.0270. The van der Waals surface area contributed by atoms with E-state index in [0.29, 0.717) is 11.8 Å². The van der Waals surface area contributed by atoms with Crippen LogP contribution in [-0.4, -0.2) is 25.3 Å². The monoisotopic (exact) mass is 264 g/mol. The molecule has 1 aliphatic heterocycles. The Morgan fingerprint density at radius 3 is 2.79 bits per heavy atom. The molecule has 0 spiro atoms. The molecular weight excluding hydrogens is 240 g/mol. The number of fused-ring (bicyclic) bond motifs is 2. The molecule has 0 aromatic rings. The van der Waals surface area contributed by atoms with Crippen LogP contribution in [0.4, 0.5) is 0 Å². The lowest BCUT2D eigenvalue weighted by Gasteiger charge is -2.55. The van der Waals surface area contributed by atoms with Crippen molar-refractivity contribution in [3.05, 3.63) is 11.1 Å². The normalized spacial score (nSPS) is 45.8. The Hall–Kier alpha value is -0.830. The van der Waals surface area contributed by atoms with Crippen LogP contribution in [0.25, 0.3) is 0 Å². The van der Waals surface area contributed by atoms with Crippen LogP contribution in [-0.2, 0) is 14.3 Å². The average molecular weight is 264 g/mol. The zero-order valence-electron chi connectivity index (χ0n) is 12.4. The van der Waals surface area contributed by atoms with Crippen LogP contribution < -0.4 is 0 Å². The van der Waals surface area contributed by atoms with Crippen LogP contribution in [0.1, 0.15) is 46.5 Å². The Morgan fingerprint density at radius 1 is 1.37 bits per heavy atom. The van der Waals surface area contributed by atoms with E-state index in [1.807, 2.05) is 6.92 Å². The fourth-order valence-corrected chi connectivity index (χ4v) is 4.69. The minimum atomic E-state index is -0.142. The number of ether oxygens (including phenoxy) is 2. The zero-order chi connectivity index (χ0) is 13.8. The quantitative estimate of drug-likeness (QED) is 0.683. The Balaban J connectivity index is 2.07. The van der Waals surface area contributed by atoms with Crippen molar-refractivity contribution in [2.45, 2.75) is 58.7 Å². The average Bonchev–Trinajstić information content (AvgIpc) is 2.65. The molecule has 106 valence electrons. The molecule has 0 aromatic heterocycles. The van der Waals surface area contributed by atoms with Gasteiger partial charge in [0.25, 0.3) is 0 Å². The molecule has 0 radical (unpaired) electrons. The van der Waals surface area contributed by atoms with Gasteiger partial charge in [0, 0.05) is 23.7 Å². The molecule has 2 saturated carbocycles. The number of esters is 1. The third kappa shape index (κ3) is 1.63. The maximum Gasteiger partial charge on any atom is 0.334 e. The molecule has 5 atom stereocenters. The number of carbonyl (C=O) groups excluding carboxylic acids is 1. The Kier molecular flexibility index (Phi) is 3.01. The zero-order valence-corrected chi connectivity index (χ0v) is 12.4. The smallest absolute Gasteiger partial charge is 0.334 e. The first-order valence-corrected chi connectivity index (χ1v) is 7.44. The predicted octanol–water partition coefficient (Wildman–Crippen LogP) is 3.09. The number of carbonyl (C=O) groups is 1. The summed E-state index contributed by atoms with van der Waals surface area (Å²) < 4.78 is 11.4. The molecule has 19 heavy (non-hydrogen) atoms. The fraction of sp³-hybridized carbons (Fsp3) is 0.812. The Morgan fingerprint density at radius 2 is 2.11 bits per heavy atom. The van der Waals surface area contributed by atoms with Gasteiger partial charge in [0.1, 0.15) is 6.10 Å². The SMILES string of the molecule is COC1C2=C(C)C(=O)OC2CC2CCCC(C)C21C. The van der Waals surface area contributed by atoms with Gasteiger partial charge in [0.05, 0.1) is 6.10 Å². The molecule has 0 aromatic carbocycles. The van der Waals surface area contributed by atoms with E-state index in [4.69, 9.17) is 9.47 Å². The van der Waals surface area contributed by atoms with E-state index in [-0.39, 0.29) is 23.6 Å². The van der Waals surface area contributed by atoms with Crippen LogP contribution >= 0.6 is 0 Å². The van der Waals surface area contributed by atoms with Crippen LogP contribution in [0.3, 0.4) is 0 Å². The predicted molar refractivity (Wildman–Crippen MR) is 72.6 cm³/mol. The first-order chi connectivity index (χ1) is 9.00. The summed E-state index contributed by atoms with van der Waals surface area (Å²) >= 11 is 0. The molecule has 3 nitrogen and oxygen atoms in total. The van der Waals surface area contributed by atoms with E-state index in [1.54, 1.807) is 7.11 Å². The minimum Gasteiger partial charge on any atom is -0.454 e. The van der Waals surface area contributed by atoms with Gasteiger partial charge in [-0.1, -0.05) is 26.7 Å². The van der Waals surface area contributed by atoms with E-state index in [1.165, 1.54) is 19.3 Å². The summed E-state index contributed by atoms with van der Waals surface area (Å²) in [6.45, 7) is 6.59. The summed E-state index contributed by atoms with van der Waals surface area (Å²) in [5.74, 6) is 1.10. The molecule has 2 fully saturated rings. The summed E-state index contributed by atoms with van der Waals surface area (Å²) in [6, 6.07) is 0. The summed E-state index contributed by atoms with van der Waals surface area (Å²) in [4.78, 5) is 11.9. The molecule has 3 rings (SSSR count). The van der Waals surface area contributed by atoms with E-state index in [9.17, 15) is 4.79 Å². The number of methoxy groups -OCH3 is 1. The molecule has 0 N–H and O–H groups in total. The van der Waals surface area contributed by atoms with Gasteiger partial charge in [-0.05, 0) is 31.6 Å². The summed E-state index contributed by atoms with van der Waals surface area (Å²) in [6.07, 6.45) is 4.79. The third-order valence-corrected chi connectivity index (χ3v) is 6.05. The lowest BCUT2D eigenvalue weighted by Crippen LogP contribution is -2.54. The maximum atomic E-state index is 11.9. The largest absolute Gasteiger partial charge is 0.454 e. The van der Waals surface area contributed by atoms with E-state index in [2.05, 4.69) is 13.8 Å². The fourth-order valence-electron chi connectivity index (χ4n) is 4.69. The highest BCUT2D eigenvalue weighted by Gasteiger charge is 2.57. The van der Waals surface area contributed by atoms with Gasteiger partial charge in [-0.2, -0.15) is 0 Å². The maximum absolute atomic E-state index is 11.9. The van der Waals surface area contributed by atoms with Crippen molar-refractivity contribution in [3.8, 4) is 0 Å². The highest BCUT2D eigenvalue weighted by molar-refractivity contribution is 5.92. The molecular formula is C16H24O3. The highest BCUT2D eigenvalue weighted by atomic mass is 16.6. The molecule has 3 heteroatoms. The topological polar surface area (TPSA) is 35.5 Å². The summed E-state index contributed by atoms with van der Waals surface area (Å²) in [7, 11) is 1.78. The van der Waals surface area contributed by atoms with Gasteiger partial charge < -0.3 is 9.47 Å². The number of hydrogen-bond acceptors (Lipinski definition) is 3. The molecule has 5 unspecified atom stereocenters. The van der Waals surface area contributed by atoms with Crippen molar-refractivity contribution in [1.82, 2.24) is 0 Å². The van der Waals surface area contributed by atoms with Crippen LogP contribution in [0.5, 0.6) is 0 Å². The lowest BCUT2D eigenvalue weighted by atomic mass is 9.53. The van der Waals surface area contributed by atoms with Crippen molar-refractivity contribution in [2.75, 3.05) is 7.11 Å². The number of rotatable bonds is 1. The van der Waals surface area contributed by atoms with Crippen molar-refractivity contribution in [3.63, 3.8) is 0 Å². The Bertz CT molecular complexity index is 439. The first-order valence-electron chi connectivity index (χ1n) is 7.44. The van der Waals surface area contributed by atoms with Crippen molar-refractivity contribution < 1.29 is 14.3 Å². The van der Waals surface area contributed by atoms with Gasteiger partial charge in [-0.25, -0.2) is 4.79 Å². The molecule has 2 aliphatic carbocycles. The van der Waals surface area contributed by atoms with Crippen LogP contribution in [0, 0.1) is 17.3 Å². The van der Waals surface area contributed by atoms with Crippen molar-refractivity contribution in [1.29, 1.82) is 0 Å². The second kappa shape index (κ2) is 4.34. The van der Waals surface area contributed by atoms with Gasteiger partial charge in [0.2, 0.25) is 0 Å². The second-order valence-corrected chi connectivity index (χ2v) is 6.72. The van der Waals surface area contributed by atoms with Crippen molar-refractivity contribution in [2.24, 2.45) is 17.3 Å². The van der Waals surface area contributed by atoms with Gasteiger partial charge in [-0.3, -0.25) is 0 Å². The van der Waals surface area contributed by atoms with E-state index >= 15 is 0 Å². The number of hydrogen-bond donors (Lipinski definition) is 0. The molecule has 1 heterocycles. The Labute approximate surface area is 115 Å². The molecule has 0 amide bonds. The molecule has 0 bridgehead atoms. The van der Waals surface area contributed by atoms with Crippen LogP contribution in [0.2, 0.25) is 0 Å². The third-order valence-electron chi connectivity index (χ3n) is 6.05. The van der Waals surface area contributed by atoms with Gasteiger partial charge >= 0.3 is 5.97 Å². The molecule has 0 saturated heterocycles.